The van der Waals surface area contributed by atoms with Crippen LogP contribution in [0.4, 0.5) is 4.39 Å². The maximum absolute atomic E-state index is 13.5. The normalized spacial score (nSPS) is 16.1. The molecule has 126 valence electrons. The van der Waals surface area contributed by atoms with Crippen molar-refractivity contribution in [3.63, 3.8) is 0 Å². The Hall–Kier alpha value is -0.950. The van der Waals surface area contributed by atoms with E-state index in [0.29, 0.717) is 13.2 Å². The summed E-state index contributed by atoms with van der Waals surface area (Å²) in [5.41, 5.74) is -0.0411. The highest BCUT2D eigenvalue weighted by atomic mass is 35.5. The van der Waals surface area contributed by atoms with Gasteiger partial charge in [0.1, 0.15) is 0 Å². The van der Waals surface area contributed by atoms with Gasteiger partial charge in [0, 0.05) is 25.3 Å². The number of pyridine rings is 1. The molecule has 0 unspecified atom stereocenters. The molecule has 1 aromatic heterocycles. The molecule has 0 spiro atoms. The molecule has 1 fully saturated rings. The summed E-state index contributed by atoms with van der Waals surface area (Å²) < 4.78 is 18.8. The zero-order chi connectivity index (χ0) is 14.4. The van der Waals surface area contributed by atoms with Gasteiger partial charge in [-0.1, -0.05) is 0 Å². The van der Waals surface area contributed by atoms with Crippen LogP contribution >= 0.6 is 24.8 Å². The number of rotatable bonds is 5. The van der Waals surface area contributed by atoms with Crippen molar-refractivity contribution in [3.8, 4) is 0 Å². The first-order valence-electron chi connectivity index (χ1n) is 6.74. The van der Waals surface area contributed by atoms with Gasteiger partial charge in [0.2, 0.25) is 0 Å². The molecule has 0 aromatic carbocycles. The van der Waals surface area contributed by atoms with Crippen LogP contribution in [0.1, 0.15) is 23.2 Å². The number of piperidine rings is 1. The zero-order valence-corrected chi connectivity index (χ0v) is 14.1. The van der Waals surface area contributed by atoms with E-state index in [1.54, 1.807) is 7.11 Å². The van der Waals surface area contributed by atoms with Gasteiger partial charge in [-0.2, -0.15) is 0 Å². The Morgan fingerprint density at radius 3 is 2.73 bits per heavy atom. The maximum Gasteiger partial charge on any atom is 0.254 e. The first kappa shape index (κ1) is 21.0. The number of amides is 1. The Kier molecular flexibility index (Phi) is 9.51. The lowest BCUT2D eigenvalue weighted by Crippen LogP contribution is -2.47. The highest BCUT2D eigenvalue weighted by molar-refractivity contribution is 5.94. The summed E-state index contributed by atoms with van der Waals surface area (Å²) in [7, 11) is 1.66. The Labute approximate surface area is 142 Å². The second kappa shape index (κ2) is 9.94. The van der Waals surface area contributed by atoms with Crippen LogP contribution in [0.3, 0.4) is 0 Å². The molecule has 0 saturated carbocycles. The summed E-state index contributed by atoms with van der Waals surface area (Å²) in [6, 6.07) is 1.39. The van der Waals surface area contributed by atoms with Gasteiger partial charge in [0.25, 0.3) is 5.91 Å². The molecule has 22 heavy (non-hydrogen) atoms. The van der Waals surface area contributed by atoms with E-state index in [4.69, 9.17) is 4.74 Å². The molecule has 2 N–H and O–H groups in total. The van der Waals surface area contributed by atoms with Crippen LogP contribution in [0.15, 0.2) is 18.5 Å². The minimum atomic E-state index is -0.601. The van der Waals surface area contributed by atoms with Crippen molar-refractivity contribution in [2.45, 2.75) is 12.8 Å². The SMILES string of the molecule is COCC1(CNC(=O)c2ccncc2F)CCNCC1.Cl.Cl. The molecule has 8 heteroatoms. The van der Waals surface area contributed by atoms with Gasteiger partial charge in [-0.3, -0.25) is 9.78 Å². The molecule has 1 aliphatic heterocycles. The predicted octanol–water partition coefficient (Wildman–Crippen LogP) is 1.81. The lowest BCUT2D eigenvalue weighted by atomic mass is 9.79. The van der Waals surface area contributed by atoms with Crippen molar-refractivity contribution < 1.29 is 13.9 Å². The molecule has 2 heterocycles. The topological polar surface area (TPSA) is 63.2 Å². The average Bonchev–Trinajstić information content (AvgIpc) is 2.47. The minimum Gasteiger partial charge on any atom is -0.384 e. The fourth-order valence-electron chi connectivity index (χ4n) is 2.56. The van der Waals surface area contributed by atoms with Gasteiger partial charge in [-0.25, -0.2) is 4.39 Å². The number of hydrogen-bond acceptors (Lipinski definition) is 4. The molecule has 1 amide bonds. The highest BCUT2D eigenvalue weighted by Crippen LogP contribution is 2.28. The van der Waals surface area contributed by atoms with Crippen LogP contribution in [-0.4, -0.2) is 44.2 Å². The number of aromatic nitrogens is 1. The largest absolute Gasteiger partial charge is 0.384 e. The molecule has 1 aromatic rings. The number of nitrogens with one attached hydrogen (secondary N) is 2. The second-order valence-corrected chi connectivity index (χ2v) is 5.22. The number of ether oxygens (including phenoxy) is 1. The van der Waals surface area contributed by atoms with Crippen LogP contribution in [0.5, 0.6) is 0 Å². The molecule has 1 saturated heterocycles. The van der Waals surface area contributed by atoms with Gasteiger partial charge in [-0.15, -0.1) is 24.8 Å². The first-order valence-corrected chi connectivity index (χ1v) is 6.74. The monoisotopic (exact) mass is 353 g/mol. The van der Waals surface area contributed by atoms with E-state index in [0.717, 1.165) is 32.1 Å². The first-order chi connectivity index (χ1) is 9.67. The average molecular weight is 354 g/mol. The van der Waals surface area contributed by atoms with Gasteiger partial charge < -0.3 is 15.4 Å². The molecule has 0 radical (unpaired) electrons. The Morgan fingerprint density at radius 1 is 1.45 bits per heavy atom. The van der Waals surface area contributed by atoms with E-state index in [2.05, 4.69) is 15.6 Å². The number of carbonyl (C=O) groups excluding carboxylic acids is 1. The summed E-state index contributed by atoms with van der Waals surface area (Å²) in [4.78, 5) is 15.7. The highest BCUT2D eigenvalue weighted by Gasteiger charge is 2.32. The third-order valence-electron chi connectivity index (χ3n) is 3.76. The number of carbonyl (C=O) groups is 1. The van der Waals surface area contributed by atoms with Crippen molar-refractivity contribution in [3.05, 3.63) is 29.8 Å². The standard InChI is InChI=1S/C14H20FN3O2.2ClH/c1-20-10-14(3-6-16-7-4-14)9-18-13(19)11-2-5-17-8-12(11)15;;/h2,5,8,16H,3-4,6-7,9-10H2,1H3,(H,18,19);2*1H. The van der Waals surface area contributed by atoms with E-state index in [1.807, 2.05) is 0 Å². The van der Waals surface area contributed by atoms with Gasteiger partial charge in [-0.05, 0) is 32.0 Å². The van der Waals surface area contributed by atoms with E-state index in [-0.39, 0.29) is 35.8 Å². The predicted molar refractivity (Wildman–Crippen MR) is 87.4 cm³/mol. The van der Waals surface area contributed by atoms with Crippen molar-refractivity contribution >= 4 is 30.7 Å². The quantitative estimate of drug-likeness (QED) is 0.847. The summed E-state index contributed by atoms with van der Waals surface area (Å²) in [5, 5.41) is 6.11. The van der Waals surface area contributed by atoms with Gasteiger partial charge >= 0.3 is 0 Å². The summed E-state index contributed by atoms with van der Waals surface area (Å²) >= 11 is 0. The number of hydrogen-bond donors (Lipinski definition) is 2. The smallest absolute Gasteiger partial charge is 0.254 e. The van der Waals surface area contributed by atoms with Crippen molar-refractivity contribution in [2.75, 3.05) is 33.4 Å². The summed E-state index contributed by atoms with van der Waals surface area (Å²) in [5.74, 6) is -1.00. The third-order valence-corrected chi connectivity index (χ3v) is 3.76. The molecular weight excluding hydrogens is 332 g/mol. The molecule has 2 rings (SSSR count). The van der Waals surface area contributed by atoms with Crippen LogP contribution in [0.2, 0.25) is 0 Å². The minimum absolute atomic E-state index is 0. The summed E-state index contributed by atoms with van der Waals surface area (Å²) in [6.45, 7) is 2.89. The van der Waals surface area contributed by atoms with Crippen molar-refractivity contribution in [2.24, 2.45) is 5.41 Å². The molecule has 0 aliphatic carbocycles. The third kappa shape index (κ3) is 5.35. The van der Waals surface area contributed by atoms with E-state index < -0.39 is 11.7 Å². The fourth-order valence-corrected chi connectivity index (χ4v) is 2.56. The molecule has 5 nitrogen and oxygen atoms in total. The van der Waals surface area contributed by atoms with Crippen molar-refractivity contribution in [1.29, 1.82) is 0 Å². The molecular formula is C14H22Cl2FN3O2. The number of nitrogens with zero attached hydrogens (tertiary/aromatic N) is 1. The van der Waals surface area contributed by atoms with Crippen LogP contribution in [0.25, 0.3) is 0 Å². The summed E-state index contributed by atoms with van der Waals surface area (Å²) in [6.07, 6.45) is 4.32. The molecule has 0 bridgehead atoms. The Balaban J connectivity index is 0.00000220. The van der Waals surface area contributed by atoms with Gasteiger partial charge in [0.05, 0.1) is 18.4 Å². The number of methoxy groups -OCH3 is 1. The number of halogens is 3. The maximum atomic E-state index is 13.5. The lowest BCUT2D eigenvalue weighted by molar-refractivity contribution is 0.0511. The van der Waals surface area contributed by atoms with Crippen LogP contribution < -0.4 is 10.6 Å². The van der Waals surface area contributed by atoms with E-state index >= 15 is 0 Å². The molecule has 1 aliphatic rings. The van der Waals surface area contributed by atoms with Crippen LogP contribution in [-0.2, 0) is 4.74 Å². The second-order valence-electron chi connectivity index (χ2n) is 5.22. The van der Waals surface area contributed by atoms with Gasteiger partial charge in [0.15, 0.2) is 5.82 Å². The lowest BCUT2D eigenvalue weighted by Gasteiger charge is -2.37. The Bertz CT molecular complexity index is 466. The fraction of sp³-hybridized carbons (Fsp3) is 0.571. The van der Waals surface area contributed by atoms with E-state index in [9.17, 15) is 9.18 Å². The molecule has 0 atom stereocenters. The zero-order valence-electron chi connectivity index (χ0n) is 12.4. The van der Waals surface area contributed by atoms with Crippen LogP contribution in [0, 0.1) is 11.2 Å². The Morgan fingerprint density at radius 2 is 2.14 bits per heavy atom. The van der Waals surface area contributed by atoms with Crippen molar-refractivity contribution in [1.82, 2.24) is 15.6 Å². The van der Waals surface area contributed by atoms with E-state index in [1.165, 1.54) is 12.3 Å².